The molecule has 0 aromatic rings. The highest BCUT2D eigenvalue weighted by molar-refractivity contribution is 4.91. The topological polar surface area (TPSA) is 35.2 Å². The standard InChI is InChI=1S/C13H27NO/c1-4-5-10-15-13(11-14)8-6-12(2,3)7-9-13/h4-11,14H2,1-3H3. The molecule has 0 aliphatic heterocycles. The molecular formula is C13H27NO. The van der Waals surface area contributed by atoms with Crippen molar-refractivity contribution in [2.45, 2.75) is 64.9 Å². The van der Waals surface area contributed by atoms with Crippen LogP contribution in [-0.4, -0.2) is 18.8 Å². The Morgan fingerprint density at radius 1 is 1.13 bits per heavy atom. The second kappa shape index (κ2) is 5.31. The van der Waals surface area contributed by atoms with Crippen LogP contribution in [0.1, 0.15) is 59.3 Å². The van der Waals surface area contributed by atoms with E-state index in [1.807, 2.05) is 0 Å². The third kappa shape index (κ3) is 3.76. The third-order valence-corrected chi connectivity index (χ3v) is 3.79. The van der Waals surface area contributed by atoms with Crippen molar-refractivity contribution >= 4 is 0 Å². The number of unbranched alkanes of at least 4 members (excludes halogenated alkanes) is 1. The largest absolute Gasteiger partial charge is 0.374 e. The van der Waals surface area contributed by atoms with Crippen LogP contribution in [0.4, 0.5) is 0 Å². The summed E-state index contributed by atoms with van der Waals surface area (Å²) in [5.41, 5.74) is 6.38. The maximum absolute atomic E-state index is 6.03. The fourth-order valence-electron chi connectivity index (χ4n) is 2.22. The van der Waals surface area contributed by atoms with Crippen LogP contribution in [0.3, 0.4) is 0 Å². The lowest BCUT2D eigenvalue weighted by Crippen LogP contribution is -2.45. The first-order chi connectivity index (χ1) is 7.04. The highest BCUT2D eigenvalue weighted by atomic mass is 16.5. The Hall–Kier alpha value is -0.0800. The molecule has 2 nitrogen and oxygen atoms in total. The van der Waals surface area contributed by atoms with Crippen molar-refractivity contribution in [3.8, 4) is 0 Å². The summed E-state index contributed by atoms with van der Waals surface area (Å²) < 4.78 is 6.03. The summed E-state index contributed by atoms with van der Waals surface area (Å²) in [7, 11) is 0. The van der Waals surface area contributed by atoms with E-state index in [1.54, 1.807) is 0 Å². The highest BCUT2D eigenvalue weighted by Gasteiger charge is 2.37. The molecular weight excluding hydrogens is 186 g/mol. The van der Waals surface area contributed by atoms with Gasteiger partial charge in [-0.3, -0.25) is 0 Å². The van der Waals surface area contributed by atoms with Gasteiger partial charge in [0.2, 0.25) is 0 Å². The first-order valence-electron chi connectivity index (χ1n) is 6.38. The summed E-state index contributed by atoms with van der Waals surface area (Å²) in [6, 6.07) is 0. The molecule has 15 heavy (non-hydrogen) atoms. The van der Waals surface area contributed by atoms with Crippen LogP contribution < -0.4 is 5.73 Å². The van der Waals surface area contributed by atoms with Gasteiger partial charge in [0.1, 0.15) is 0 Å². The molecule has 1 aliphatic carbocycles. The van der Waals surface area contributed by atoms with E-state index in [4.69, 9.17) is 10.5 Å². The first-order valence-corrected chi connectivity index (χ1v) is 6.38. The molecule has 0 aromatic carbocycles. The molecule has 2 heteroatoms. The predicted octanol–water partition coefficient (Wildman–Crippen LogP) is 3.10. The van der Waals surface area contributed by atoms with E-state index >= 15 is 0 Å². The van der Waals surface area contributed by atoms with Crippen LogP contribution in [0.25, 0.3) is 0 Å². The van der Waals surface area contributed by atoms with Gasteiger partial charge in [0.25, 0.3) is 0 Å². The maximum Gasteiger partial charge on any atom is 0.0804 e. The van der Waals surface area contributed by atoms with E-state index in [2.05, 4.69) is 20.8 Å². The van der Waals surface area contributed by atoms with Gasteiger partial charge < -0.3 is 10.5 Å². The Bertz CT molecular complexity index is 179. The van der Waals surface area contributed by atoms with E-state index in [0.29, 0.717) is 12.0 Å². The van der Waals surface area contributed by atoms with Crippen molar-refractivity contribution in [2.24, 2.45) is 11.1 Å². The van der Waals surface area contributed by atoms with Gasteiger partial charge in [-0.05, 0) is 37.5 Å². The number of hydrogen-bond donors (Lipinski definition) is 1. The molecule has 90 valence electrons. The Morgan fingerprint density at radius 3 is 2.20 bits per heavy atom. The molecule has 1 saturated carbocycles. The number of rotatable bonds is 5. The molecule has 0 aromatic heterocycles. The Labute approximate surface area is 94.6 Å². The average Bonchev–Trinajstić information content (AvgIpc) is 2.22. The zero-order valence-corrected chi connectivity index (χ0v) is 10.6. The van der Waals surface area contributed by atoms with Gasteiger partial charge in [0.15, 0.2) is 0 Å². The Kier molecular flexibility index (Phi) is 4.60. The quantitative estimate of drug-likeness (QED) is 0.712. The fraction of sp³-hybridized carbons (Fsp3) is 1.00. The number of hydrogen-bond acceptors (Lipinski definition) is 2. The van der Waals surface area contributed by atoms with E-state index < -0.39 is 0 Å². The average molecular weight is 213 g/mol. The van der Waals surface area contributed by atoms with Crippen LogP contribution in [0.15, 0.2) is 0 Å². The van der Waals surface area contributed by atoms with Gasteiger partial charge in [0, 0.05) is 13.2 Å². The molecule has 2 N–H and O–H groups in total. The molecule has 0 radical (unpaired) electrons. The van der Waals surface area contributed by atoms with Gasteiger partial charge >= 0.3 is 0 Å². The SMILES string of the molecule is CCCCOC1(CN)CCC(C)(C)CC1. The molecule has 0 amide bonds. The highest BCUT2D eigenvalue weighted by Crippen LogP contribution is 2.41. The van der Waals surface area contributed by atoms with E-state index in [9.17, 15) is 0 Å². The van der Waals surface area contributed by atoms with Crippen molar-refractivity contribution in [2.75, 3.05) is 13.2 Å². The second-order valence-electron chi connectivity index (χ2n) is 5.75. The Morgan fingerprint density at radius 2 is 1.73 bits per heavy atom. The molecule has 0 heterocycles. The van der Waals surface area contributed by atoms with Gasteiger partial charge in [-0.15, -0.1) is 0 Å². The minimum atomic E-state index is 0.00465. The van der Waals surface area contributed by atoms with Gasteiger partial charge in [0.05, 0.1) is 5.60 Å². The smallest absolute Gasteiger partial charge is 0.0804 e. The summed E-state index contributed by atoms with van der Waals surface area (Å²) in [4.78, 5) is 0. The fourth-order valence-corrected chi connectivity index (χ4v) is 2.22. The molecule has 0 atom stereocenters. The van der Waals surface area contributed by atoms with Crippen molar-refractivity contribution in [1.82, 2.24) is 0 Å². The minimum Gasteiger partial charge on any atom is -0.374 e. The van der Waals surface area contributed by atoms with Gasteiger partial charge in [-0.25, -0.2) is 0 Å². The number of nitrogens with two attached hydrogens (primary N) is 1. The Balaban J connectivity index is 2.41. The van der Waals surface area contributed by atoms with Crippen LogP contribution in [0.5, 0.6) is 0 Å². The molecule has 1 aliphatic rings. The predicted molar refractivity (Wildman–Crippen MR) is 64.9 cm³/mol. The lowest BCUT2D eigenvalue weighted by atomic mass is 9.71. The van der Waals surface area contributed by atoms with E-state index in [0.717, 1.165) is 25.9 Å². The molecule has 0 bridgehead atoms. The summed E-state index contributed by atoms with van der Waals surface area (Å²) in [6.45, 7) is 8.46. The maximum atomic E-state index is 6.03. The minimum absolute atomic E-state index is 0.00465. The van der Waals surface area contributed by atoms with Crippen molar-refractivity contribution in [3.63, 3.8) is 0 Å². The van der Waals surface area contributed by atoms with E-state index in [1.165, 1.54) is 19.3 Å². The monoisotopic (exact) mass is 213 g/mol. The summed E-state index contributed by atoms with van der Waals surface area (Å²) in [6.07, 6.45) is 7.13. The third-order valence-electron chi connectivity index (χ3n) is 3.79. The van der Waals surface area contributed by atoms with Crippen LogP contribution >= 0.6 is 0 Å². The molecule has 0 unspecified atom stereocenters. The van der Waals surface area contributed by atoms with Crippen molar-refractivity contribution in [1.29, 1.82) is 0 Å². The normalized spacial score (nSPS) is 24.0. The van der Waals surface area contributed by atoms with Crippen LogP contribution in [-0.2, 0) is 4.74 Å². The summed E-state index contributed by atoms with van der Waals surface area (Å²) in [5, 5.41) is 0. The molecule has 0 spiro atoms. The van der Waals surface area contributed by atoms with Crippen LogP contribution in [0.2, 0.25) is 0 Å². The zero-order chi connectivity index (χ0) is 11.4. The van der Waals surface area contributed by atoms with Crippen LogP contribution in [0, 0.1) is 5.41 Å². The second-order valence-corrected chi connectivity index (χ2v) is 5.75. The van der Waals surface area contributed by atoms with Gasteiger partial charge in [-0.1, -0.05) is 27.2 Å². The first kappa shape index (κ1) is 13.0. The van der Waals surface area contributed by atoms with E-state index in [-0.39, 0.29) is 5.60 Å². The molecule has 0 saturated heterocycles. The zero-order valence-electron chi connectivity index (χ0n) is 10.6. The molecule has 1 fully saturated rings. The molecule has 1 rings (SSSR count). The summed E-state index contributed by atoms with van der Waals surface area (Å²) >= 11 is 0. The lowest BCUT2D eigenvalue weighted by molar-refractivity contribution is -0.0819. The lowest BCUT2D eigenvalue weighted by Gasteiger charge is -2.42. The summed E-state index contributed by atoms with van der Waals surface area (Å²) in [5.74, 6) is 0. The van der Waals surface area contributed by atoms with Gasteiger partial charge in [-0.2, -0.15) is 0 Å². The number of ether oxygens (including phenoxy) is 1. The van der Waals surface area contributed by atoms with Crippen molar-refractivity contribution < 1.29 is 4.74 Å². The van der Waals surface area contributed by atoms with Crippen molar-refractivity contribution in [3.05, 3.63) is 0 Å².